The smallest absolute Gasteiger partial charge is 0.341 e. The lowest BCUT2D eigenvalue weighted by Gasteiger charge is -2.28. The molecule has 1 aliphatic heterocycles. The zero-order valence-corrected chi connectivity index (χ0v) is 9.95. The molecule has 16 heavy (non-hydrogen) atoms. The summed E-state index contributed by atoms with van der Waals surface area (Å²) in [5, 5.41) is 2.71. The van der Waals surface area contributed by atoms with E-state index >= 15 is 0 Å². The number of nitrogens with zero attached hydrogens (tertiary/aromatic N) is 1. The summed E-state index contributed by atoms with van der Waals surface area (Å²) in [6.07, 6.45) is 1.65. The van der Waals surface area contributed by atoms with Gasteiger partial charge in [0.25, 0.3) is 0 Å². The summed E-state index contributed by atoms with van der Waals surface area (Å²) in [6.45, 7) is 5.81. The molecular formula is C11H18N2O3. The minimum Gasteiger partial charge on any atom is -0.465 e. The van der Waals surface area contributed by atoms with Crippen molar-refractivity contribution >= 4 is 17.7 Å². The number of hydrogen-bond donors (Lipinski definition) is 1. The van der Waals surface area contributed by atoms with Gasteiger partial charge in [-0.3, -0.25) is 4.79 Å². The molecule has 2 amide bonds. The number of rotatable bonds is 4. The second-order valence-electron chi connectivity index (χ2n) is 3.83. The summed E-state index contributed by atoms with van der Waals surface area (Å²) in [4.78, 5) is 26.7. The number of carbonyl (C=O) groups excluding carboxylic acids is 2. The number of esters is 1. The summed E-state index contributed by atoms with van der Waals surface area (Å²) in [5.74, 6) is -0.736. The predicted molar refractivity (Wildman–Crippen MR) is 60.5 cm³/mol. The van der Waals surface area contributed by atoms with Crippen LogP contribution in [-0.4, -0.2) is 30.4 Å². The van der Waals surface area contributed by atoms with E-state index < -0.39 is 5.92 Å². The zero-order valence-electron chi connectivity index (χ0n) is 9.95. The van der Waals surface area contributed by atoms with Gasteiger partial charge in [-0.15, -0.1) is 0 Å². The molecule has 0 bridgehead atoms. The summed E-state index contributed by atoms with van der Waals surface area (Å²) < 4.78 is 4.99. The third kappa shape index (κ3) is 2.81. The van der Waals surface area contributed by atoms with Gasteiger partial charge in [-0.1, -0.05) is 13.3 Å². The van der Waals surface area contributed by atoms with Crippen LogP contribution in [0.1, 0.15) is 33.6 Å². The van der Waals surface area contributed by atoms with Gasteiger partial charge >= 0.3 is 12.0 Å². The first kappa shape index (κ1) is 12.7. The van der Waals surface area contributed by atoms with Crippen LogP contribution in [-0.2, 0) is 9.53 Å². The van der Waals surface area contributed by atoms with E-state index in [1.807, 2.05) is 6.92 Å². The molecule has 0 saturated heterocycles. The van der Waals surface area contributed by atoms with E-state index in [2.05, 4.69) is 10.3 Å². The van der Waals surface area contributed by atoms with Crippen LogP contribution in [0, 0.1) is 5.92 Å². The van der Waals surface area contributed by atoms with E-state index in [-0.39, 0.29) is 18.0 Å². The molecule has 1 heterocycles. The molecule has 0 radical (unpaired) electrons. The normalized spacial score (nSPS) is 24.7. The van der Waals surface area contributed by atoms with Crippen LogP contribution in [0.5, 0.6) is 0 Å². The molecule has 0 aromatic carbocycles. The molecule has 0 spiro atoms. The lowest BCUT2D eigenvalue weighted by molar-refractivity contribution is -0.146. The molecule has 5 heteroatoms. The number of amides is 2. The summed E-state index contributed by atoms with van der Waals surface area (Å²) in [5.41, 5.74) is 0.542. The number of carbonyl (C=O) groups is 2. The largest absolute Gasteiger partial charge is 0.465 e. The number of hydrogen-bond acceptors (Lipinski definition) is 3. The maximum absolute atomic E-state index is 11.7. The number of aliphatic imine (C=N–C) groups is 1. The van der Waals surface area contributed by atoms with Crippen molar-refractivity contribution in [2.24, 2.45) is 10.9 Å². The molecule has 0 saturated carbocycles. The Bertz CT molecular complexity index is 312. The Labute approximate surface area is 95.3 Å². The first-order chi connectivity index (χ1) is 7.60. The lowest BCUT2D eigenvalue weighted by Crippen LogP contribution is -2.49. The van der Waals surface area contributed by atoms with Gasteiger partial charge in [0.1, 0.15) is 5.92 Å². The van der Waals surface area contributed by atoms with Crippen molar-refractivity contribution in [1.82, 2.24) is 5.32 Å². The van der Waals surface area contributed by atoms with Crippen LogP contribution in [0.3, 0.4) is 0 Å². The predicted octanol–water partition coefficient (Wildman–Crippen LogP) is 1.52. The van der Waals surface area contributed by atoms with E-state index in [0.29, 0.717) is 12.3 Å². The highest BCUT2D eigenvalue weighted by Gasteiger charge is 2.35. The number of ether oxygens (including phenoxy) is 1. The van der Waals surface area contributed by atoms with Crippen molar-refractivity contribution in [2.45, 2.75) is 39.7 Å². The van der Waals surface area contributed by atoms with Gasteiger partial charge in [-0.25, -0.2) is 9.79 Å². The number of urea groups is 1. The maximum atomic E-state index is 11.7. The maximum Gasteiger partial charge on any atom is 0.341 e. The highest BCUT2D eigenvalue weighted by Crippen LogP contribution is 2.18. The molecule has 0 aliphatic carbocycles. The van der Waals surface area contributed by atoms with E-state index in [1.165, 1.54) is 0 Å². The lowest BCUT2D eigenvalue weighted by atomic mass is 9.90. The molecule has 90 valence electrons. The molecule has 5 nitrogen and oxygen atoms in total. The van der Waals surface area contributed by atoms with Crippen molar-refractivity contribution in [3.8, 4) is 0 Å². The second-order valence-corrected chi connectivity index (χ2v) is 3.83. The van der Waals surface area contributed by atoms with Crippen molar-refractivity contribution < 1.29 is 14.3 Å². The van der Waals surface area contributed by atoms with Crippen LogP contribution < -0.4 is 5.32 Å². The third-order valence-electron chi connectivity index (χ3n) is 2.58. The van der Waals surface area contributed by atoms with Crippen LogP contribution in [0.2, 0.25) is 0 Å². The average molecular weight is 226 g/mol. The second kappa shape index (κ2) is 5.63. The highest BCUT2D eigenvalue weighted by molar-refractivity contribution is 6.08. The topological polar surface area (TPSA) is 67.8 Å². The molecule has 1 aliphatic rings. The molecular weight excluding hydrogens is 208 g/mol. The minimum absolute atomic E-state index is 0.186. The van der Waals surface area contributed by atoms with Crippen molar-refractivity contribution in [2.75, 3.05) is 6.61 Å². The van der Waals surface area contributed by atoms with Crippen molar-refractivity contribution in [3.63, 3.8) is 0 Å². The summed E-state index contributed by atoms with van der Waals surface area (Å²) in [6, 6.07) is -0.550. The summed E-state index contributed by atoms with van der Waals surface area (Å²) >= 11 is 0. The van der Waals surface area contributed by atoms with Gasteiger partial charge in [-0.2, -0.15) is 0 Å². The van der Waals surface area contributed by atoms with Gasteiger partial charge in [0.15, 0.2) is 0 Å². The van der Waals surface area contributed by atoms with Gasteiger partial charge in [0, 0.05) is 11.8 Å². The van der Waals surface area contributed by atoms with E-state index in [0.717, 1.165) is 12.8 Å². The first-order valence-electron chi connectivity index (χ1n) is 5.62. The van der Waals surface area contributed by atoms with E-state index in [4.69, 9.17) is 4.74 Å². The molecule has 2 atom stereocenters. The molecule has 1 N–H and O–H groups in total. The summed E-state index contributed by atoms with van der Waals surface area (Å²) in [7, 11) is 0. The molecule has 0 fully saturated rings. The average Bonchev–Trinajstić information content (AvgIpc) is 2.17. The van der Waals surface area contributed by atoms with E-state index in [1.54, 1.807) is 13.8 Å². The Balaban J connectivity index is 2.85. The van der Waals surface area contributed by atoms with Gasteiger partial charge in [0.05, 0.1) is 6.61 Å². The van der Waals surface area contributed by atoms with Crippen LogP contribution in [0.25, 0.3) is 0 Å². The van der Waals surface area contributed by atoms with Crippen LogP contribution >= 0.6 is 0 Å². The van der Waals surface area contributed by atoms with Crippen molar-refractivity contribution in [3.05, 3.63) is 0 Å². The van der Waals surface area contributed by atoms with Crippen molar-refractivity contribution in [1.29, 1.82) is 0 Å². The fourth-order valence-electron chi connectivity index (χ4n) is 1.91. The zero-order chi connectivity index (χ0) is 12.1. The fourth-order valence-corrected chi connectivity index (χ4v) is 1.91. The Morgan fingerprint density at radius 1 is 1.50 bits per heavy atom. The standard InChI is InChI=1S/C11H18N2O3/c1-4-6-8-9(10(14)16-5-2)7(3)12-11(15)13-8/h8-9H,4-6H2,1-3H3,(H,13,15). The first-order valence-corrected chi connectivity index (χ1v) is 5.62. The Hall–Kier alpha value is -1.39. The molecule has 0 aromatic heterocycles. The van der Waals surface area contributed by atoms with Gasteiger partial charge in [-0.05, 0) is 20.3 Å². The number of nitrogens with one attached hydrogen (secondary N) is 1. The third-order valence-corrected chi connectivity index (χ3v) is 2.58. The highest BCUT2D eigenvalue weighted by atomic mass is 16.5. The Morgan fingerprint density at radius 3 is 2.75 bits per heavy atom. The molecule has 1 rings (SSSR count). The van der Waals surface area contributed by atoms with E-state index in [9.17, 15) is 9.59 Å². The SMILES string of the molecule is CCCC1NC(=O)N=C(C)C1C(=O)OCC. The van der Waals surface area contributed by atoms with Gasteiger partial charge < -0.3 is 10.1 Å². The quantitative estimate of drug-likeness (QED) is 0.739. The minimum atomic E-state index is -0.433. The van der Waals surface area contributed by atoms with Crippen LogP contribution in [0.15, 0.2) is 4.99 Å². The molecule has 0 aromatic rings. The fraction of sp³-hybridized carbons (Fsp3) is 0.727. The van der Waals surface area contributed by atoms with Gasteiger partial charge in [0.2, 0.25) is 0 Å². The molecule has 2 unspecified atom stereocenters. The Kier molecular flexibility index (Phi) is 4.46. The Morgan fingerprint density at radius 2 is 2.19 bits per heavy atom. The monoisotopic (exact) mass is 226 g/mol. The van der Waals surface area contributed by atoms with Crippen LogP contribution in [0.4, 0.5) is 4.79 Å².